The van der Waals surface area contributed by atoms with E-state index in [0.717, 1.165) is 23.4 Å². The molecule has 0 unspecified atom stereocenters. The van der Waals surface area contributed by atoms with E-state index in [1.807, 2.05) is 17.0 Å². The number of carbonyl (C=O) groups is 1. The third-order valence-corrected chi connectivity index (χ3v) is 5.85. The lowest BCUT2D eigenvalue weighted by atomic mass is 9.89. The zero-order chi connectivity index (χ0) is 18.8. The molecule has 1 saturated heterocycles. The minimum Gasteiger partial charge on any atom is -0.508 e. The van der Waals surface area contributed by atoms with Crippen LogP contribution in [-0.2, 0) is 0 Å². The molecule has 0 radical (unpaired) electrons. The molecule has 6 heteroatoms. The van der Waals surface area contributed by atoms with Crippen LogP contribution >= 0.6 is 11.3 Å². The van der Waals surface area contributed by atoms with Gasteiger partial charge in [-0.3, -0.25) is 4.79 Å². The number of carbonyl (C=O) groups excluding carboxylic acids is 1. The summed E-state index contributed by atoms with van der Waals surface area (Å²) in [7, 11) is 0. The van der Waals surface area contributed by atoms with E-state index < -0.39 is 0 Å². The van der Waals surface area contributed by atoms with Crippen LogP contribution in [-0.4, -0.2) is 34.0 Å². The second kappa shape index (κ2) is 7.48. The van der Waals surface area contributed by atoms with Crippen molar-refractivity contribution >= 4 is 17.2 Å². The standard InChI is InChI=1S/C21H19FN2O2S/c22-17-5-1-16(2-6-17)20-23-19(13-27-20)21(26)24-11-9-15(10-12-24)14-3-7-18(25)8-4-14/h1-8,13,15,25H,9-12H2. The van der Waals surface area contributed by atoms with Crippen molar-refractivity contribution in [2.24, 2.45) is 0 Å². The number of likely N-dealkylation sites (tertiary alicyclic amines) is 1. The molecule has 3 aromatic rings. The Labute approximate surface area is 160 Å². The number of rotatable bonds is 3. The summed E-state index contributed by atoms with van der Waals surface area (Å²) in [4.78, 5) is 19.1. The van der Waals surface area contributed by atoms with Crippen molar-refractivity contribution in [3.63, 3.8) is 0 Å². The van der Waals surface area contributed by atoms with Gasteiger partial charge in [-0.2, -0.15) is 0 Å². The first kappa shape index (κ1) is 17.7. The van der Waals surface area contributed by atoms with Crippen molar-refractivity contribution in [2.45, 2.75) is 18.8 Å². The van der Waals surface area contributed by atoms with Gasteiger partial charge in [0, 0.05) is 24.0 Å². The van der Waals surface area contributed by atoms with Crippen molar-refractivity contribution in [1.29, 1.82) is 0 Å². The number of amides is 1. The predicted molar refractivity (Wildman–Crippen MR) is 103 cm³/mol. The second-order valence-corrected chi connectivity index (χ2v) is 7.56. The highest BCUT2D eigenvalue weighted by Gasteiger charge is 2.26. The molecule has 1 aliphatic rings. The van der Waals surface area contributed by atoms with Gasteiger partial charge in [0.05, 0.1) is 0 Å². The lowest BCUT2D eigenvalue weighted by Crippen LogP contribution is -2.38. The van der Waals surface area contributed by atoms with Crippen LogP contribution in [0.3, 0.4) is 0 Å². The number of phenols is 1. The molecular formula is C21H19FN2O2S. The lowest BCUT2D eigenvalue weighted by Gasteiger charge is -2.31. The minimum absolute atomic E-state index is 0.0521. The Morgan fingerprint density at radius 2 is 1.74 bits per heavy atom. The molecule has 138 valence electrons. The smallest absolute Gasteiger partial charge is 0.273 e. The molecule has 4 rings (SSSR count). The number of piperidine rings is 1. The Hall–Kier alpha value is -2.73. The summed E-state index contributed by atoms with van der Waals surface area (Å²) in [6, 6.07) is 13.5. The molecule has 1 N–H and O–H groups in total. The fourth-order valence-corrected chi connectivity index (χ4v) is 4.22. The zero-order valence-corrected chi connectivity index (χ0v) is 15.5. The molecule has 0 aliphatic carbocycles. The number of benzene rings is 2. The van der Waals surface area contributed by atoms with Crippen LogP contribution in [0.5, 0.6) is 5.75 Å². The number of halogens is 1. The third kappa shape index (κ3) is 3.85. The number of hydrogen-bond donors (Lipinski definition) is 1. The van der Waals surface area contributed by atoms with Gasteiger partial charge in [-0.1, -0.05) is 12.1 Å². The van der Waals surface area contributed by atoms with E-state index in [9.17, 15) is 14.3 Å². The molecule has 0 saturated carbocycles. The van der Waals surface area contributed by atoms with E-state index in [-0.39, 0.29) is 17.5 Å². The minimum atomic E-state index is -0.289. The zero-order valence-electron chi connectivity index (χ0n) is 14.6. The van der Waals surface area contributed by atoms with Gasteiger partial charge < -0.3 is 10.0 Å². The van der Waals surface area contributed by atoms with E-state index in [2.05, 4.69) is 4.98 Å². The molecule has 0 spiro atoms. The van der Waals surface area contributed by atoms with Crippen molar-refractivity contribution in [1.82, 2.24) is 9.88 Å². The Morgan fingerprint density at radius 1 is 1.07 bits per heavy atom. The van der Waals surface area contributed by atoms with Gasteiger partial charge >= 0.3 is 0 Å². The van der Waals surface area contributed by atoms with E-state index in [1.165, 1.54) is 29.0 Å². The van der Waals surface area contributed by atoms with E-state index in [1.54, 1.807) is 29.6 Å². The molecule has 1 aliphatic heterocycles. The van der Waals surface area contributed by atoms with Crippen molar-refractivity contribution in [2.75, 3.05) is 13.1 Å². The molecule has 4 nitrogen and oxygen atoms in total. The van der Waals surface area contributed by atoms with Crippen LogP contribution in [0.2, 0.25) is 0 Å². The topological polar surface area (TPSA) is 53.4 Å². The van der Waals surface area contributed by atoms with Gasteiger partial charge in [0.15, 0.2) is 0 Å². The van der Waals surface area contributed by atoms with E-state index in [4.69, 9.17) is 0 Å². The molecular weight excluding hydrogens is 363 g/mol. The van der Waals surface area contributed by atoms with Crippen LogP contribution < -0.4 is 0 Å². The largest absolute Gasteiger partial charge is 0.508 e. The van der Waals surface area contributed by atoms with Crippen LogP contribution in [0.25, 0.3) is 10.6 Å². The van der Waals surface area contributed by atoms with Gasteiger partial charge in [0.25, 0.3) is 5.91 Å². The highest BCUT2D eigenvalue weighted by molar-refractivity contribution is 7.13. The van der Waals surface area contributed by atoms with Crippen molar-refractivity contribution in [3.8, 4) is 16.3 Å². The predicted octanol–water partition coefficient (Wildman–Crippen LogP) is 4.67. The molecule has 2 aromatic carbocycles. The van der Waals surface area contributed by atoms with Crippen LogP contribution in [0.15, 0.2) is 53.9 Å². The fourth-order valence-electron chi connectivity index (χ4n) is 3.42. The first-order valence-corrected chi connectivity index (χ1v) is 9.78. The summed E-state index contributed by atoms with van der Waals surface area (Å²) in [5.74, 6) is 0.332. The van der Waals surface area contributed by atoms with Gasteiger partial charge in [0.1, 0.15) is 22.3 Å². The average Bonchev–Trinajstić information content (AvgIpc) is 3.19. The highest BCUT2D eigenvalue weighted by atomic mass is 32.1. The van der Waals surface area contributed by atoms with Crippen molar-refractivity contribution in [3.05, 3.63) is 71.0 Å². The molecule has 1 fully saturated rings. The number of aromatic nitrogens is 1. The molecule has 27 heavy (non-hydrogen) atoms. The van der Waals surface area contributed by atoms with Gasteiger partial charge in [-0.05, 0) is 60.7 Å². The lowest BCUT2D eigenvalue weighted by molar-refractivity contribution is 0.0708. The maximum Gasteiger partial charge on any atom is 0.273 e. The number of hydrogen-bond acceptors (Lipinski definition) is 4. The van der Waals surface area contributed by atoms with E-state index in [0.29, 0.717) is 24.7 Å². The number of nitrogens with zero attached hydrogens (tertiary/aromatic N) is 2. The van der Waals surface area contributed by atoms with Gasteiger partial charge in [0.2, 0.25) is 0 Å². The van der Waals surface area contributed by atoms with Gasteiger partial charge in [-0.25, -0.2) is 9.37 Å². The van der Waals surface area contributed by atoms with Gasteiger partial charge in [-0.15, -0.1) is 11.3 Å². The molecule has 1 aromatic heterocycles. The normalized spacial score (nSPS) is 15.1. The number of phenolic OH excluding ortho intramolecular Hbond substituents is 1. The summed E-state index contributed by atoms with van der Waals surface area (Å²) in [5.41, 5.74) is 2.46. The van der Waals surface area contributed by atoms with E-state index >= 15 is 0 Å². The Morgan fingerprint density at radius 3 is 2.41 bits per heavy atom. The SMILES string of the molecule is O=C(c1csc(-c2ccc(F)cc2)n1)N1CCC(c2ccc(O)cc2)CC1. The molecule has 1 amide bonds. The molecule has 0 bridgehead atoms. The van der Waals surface area contributed by atoms with Crippen LogP contribution in [0.1, 0.15) is 34.8 Å². The Bertz CT molecular complexity index is 930. The first-order valence-electron chi connectivity index (χ1n) is 8.90. The quantitative estimate of drug-likeness (QED) is 0.716. The summed E-state index contributed by atoms with van der Waals surface area (Å²) < 4.78 is 13.1. The maximum atomic E-state index is 13.1. The van der Waals surface area contributed by atoms with Crippen LogP contribution in [0.4, 0.5) is 4.39 Å². The third-order valence-electron chi connectivity index (χ3n) is 4.96. The average molecular weight is 382 g/mol. The van der Waals surface area contributed by atoms with Crippen LogP contribution in [0, 0.1) is 5.82 Å². The Kier molecular flexibility index (Phi) is 4.90. The summed E-state index contributed by atoms with van der Waals surface area (Å²) >= 11 is 1.39. The molecule has 2 heterocycles. The highest BCUT2D eigenvalue weighted by Crippen LogP contribution is 2.30. The number of aromatic hydroxyl groups is 1. The van der Waals surface area contributed by atoms with Crippen molar-refractivity contribution < 1.29 is 14.3 Å². The number of thiazole rings is 1. The maximum absolute atomic E-state index is 13.1. The summed E-state index contributed by atoms with van der Waals surface area (Å²) in [6.45, 7) is 1.38. The second-order valence-electron chi connectivity index (χ2n) is 6.70. The Balaban J connectivity index is 1.41. The monoisotopic (exact) mass is 382 g/mol. The summed E-state index contributed by atoms with van der Waals surface area (Å²) in [6.07, 6.45) is 1.79. The molecule has 0 atom stereocenters. The first-order chi connectivity index (χ1) is 13.1. The fraction of sp³-hybridized carbons (Fsp3) is 0.238. The summed E-state index contributed by atoms with van der Waals surface area (Å²) in [5, 5.41) is 11.9.